The van der Waals surface area contributed by atoms with E-state index in [2.05, 4.69) is 74.5 Å². The predicted octanol–water partition coefficient (Wildman–Crippen LogP) is 6.65. The van der Waals surface area contributed by atoms with Gasteiger partial charge in [0.25, 0.3) is 0 Å². The molecular weight excluding hydrogens is 264 g/mol. The van der Waals surface area contributed by atoms with E-state index >= 15 is 0 Å². The number of rotatable bonds is 3. The van der Waals surface area contributed by atoms with E-state index in [0.29, 0.717) is 0 Å². The van der Waals surface area contributed by atoms with Gasteiger partial charge in [-0.05, 0) is 67.4 Å². The van der Waals surface area contributed by atoms with Gasteiger partial charge in [-0.3, -0.25) is 0 Å². The van der Waals surface area contributed by atoms with Gasteiger partial charge in [0.1, 0.15) is 0 Å². The van der Waals surface area contributed by atoms with Gasteiger partial charge in [-0.25, -0.2) is 0 Å². The molecule has 1 aliphatic rings. The molecule has 0 bridgehead atoms. The Morgan fingerprint density at radius 1 is 0.818 bits per heavy atom. The molecule has 22 heavy (non-hydrogen) atoms. The van der Waals surface area contributed by atoms with Gasteiger partial charge in [-0.1, -0.05) is 66.2 Å². The third-order valence-electron chi connectivity index (χ3n) is 4.63. The van der Waals surface area contributed by atoms with E-state index in [1.54, 1.807) is 11.1 Å². The minimum atomic E-state index is 1.24. The maximum absolute atomic E-state index is 2.39. The van der Waals surface area contributed by atoms with Crippen LogP contribution in [0, 0.1) is 0 Å². The third kappa shape index (κ3) is 3.39. The molecule has 3 rings (SSSR count). The minimum absolute atomic E-state index is 1.24. The van der Waals surface area contributed by atoms with Crippen molar-refractivity contribution in [3.05, 3.63) is 77.4 Å². The SMILES string of the molecule is CC1=C(/C=C(\C)c2ccc(-c3ccccc3)cc2)CCCC1. The lowest BCUT2D eigenvalue weighted by Gasteiger charge is -2.16. The van der Waals surface area contributed by atoms with Gasteiger partial charge >= 0.3 is 0 Å². The highest BCUT2D eigenvalue weighted by atomic mass is 14.1. The smallest absolute Gasteiger partial charge is 0.0184 e. The molecule has 112 valence electrons. The summed E-state index contributed by atoms with van der Waals surface area (Å²) in [6.07, 6.45) is 7.60. The molecule has 0 aromatic heterocycles. The lowest BCUT2D eigenvalue weighted by molar-refractivity contribution is 0.683. The molecule has 2 aromatic carbocycles. The van der Waals surface area contributed by atoms with Gasteiger partial charge in [0.15, 0.2) is 0 Å². The summed E-state index contributed by atoms with van der Waals surface area (Å²) < 4.78 is 0. The van der Waals surface area contributed by atoms with E-state index in [-0.39, 0.29) is 0 Å². The second-order valence-electron chi connectivity index (χ2n) is 6.28. The van der Waals surface area contributed by atoms with Crippen LogP contribution in [0.2, 0.25) is 0 Å². The molecule has 0 amide bonds. The molecule has 0 heterocycles. The van der Waals surface area contributed by atoms with Gasteiger partial charge in [0.05, 0.1) is 0 Å². The van der Waals surface area contributed by atoms with Crippen LogP contribution in [-0.2, 0) is 0 Å². The number of allylic oxidation sites excluding steroid dienone is 4. The highest BCUT2D eigenvalue weighted by molar-refractivity contribution is 5.71. The van der Waals surface area contributed by atoms with Crippen molar-refractivity contribution in [2.75, 3.05) is 0 Å². The Labute approximate surface area is 134 Å². The third-order valence-corrected chi connectivity index (χ3v) is 4.63. The monoisotopic (exact) mass is 288 g/mol. The zero-order valence-corrected chi connectivity index (χ0v) is 13.6. The Kier molecular flexibility index (Phi) is 4.58. The van der Waals surface area contributed by atoms with Crippen LogP contribution >= 0.6 is 0 Å². The average molecular weight is 288 g/mol. The van der Waals surface area contributed by atoms with E-state index in [9.17, 15) is 0 Å². The Bertz CT molecular complexity index is 685. The van der Waals surface area contributed by atoms with Gasteiger partial charge in [-0.2, -0.15) is 0 Å². The molecule has 0 spiro atoms. The average Bonchev–Trinajstić information content (AvgIpc) is 2.58. The lowest BCUT2D eigenvalue weighted by atomic mass is 9.90. The normalized spacial score (nSPS) is 16.0. The summed E-state index contributed by atoms with van der Waals surface area (Å²) in [5, 5.41) is 0. The van der Waals surface area contributed by atoms with Crippen molar-refractivity contribution in [3.63, 3.8) is 0 Å². The molecule has 0 atom stereocenters. The number of benzene rings is 2. The fourth-order valence-corrected chi connectivity index (χ4v) is 3.18. The fourth-order valence-electron chi connectivity index (χ4n) is 3.18. The minimum Gasteiger partial charge on any atom is -0.0701 e. The first-order valence-electron chi connectivity index (χ1n) is 8.27. The Hall–Kier alpha value is -2.08. The van der Waals surface area contributed by atoms with Crippen LogP contribution in [0.4, 0.5) is 0 Å². The van der Waals surface area contributed by atoms with Crippen LogP contribution in [0.25, 0.3) is 16.7 Å². The molecule has 0 saturated heterocycles. The molecule has 0 radical (unpaired) electrons. The number of hydrogen-bond donors (Lipinski definition) is 0. The summed E-state index contributed by atoms with van der Waals surface area (Å²) in [4.78, 5) is 0. The first-order valence-corrected chi connectivity index (χ1v) is 8.27. The fraction of sp³-hybridized carbons (Fsp3) is 0.273. The topological polar surface area (TPSA) is 0 Å². The largest absolute Gasteiger partial charge is 0.0701 e. The van der Waals surface area contributed by atoms with Crippen molar-refractivity contribution in [2.24, 2.45) is 0 Å². The Morgan fingerprint density at radius 3 is 2.14 bits per heavy atom. The van der Waals surface area contributed by atoms with E-state index < -0.39 is 0 Å². The zero-order valence-electron chi connectivity index (χ0n) is 13.6. The van der Waals surface area contributed by atoms with E-state index in [1.807, 2.05) is 0 Å². The Morgan fingerprint density at radius 2 is 1.45 bits per heavy atom. The molecule has 0 N–H and O–H groups in total. The first-order chi connectivity index (χ1) is 10.7. The molecule has 0 nitrogen and oxygen atoms in total. The highest BCUT2D eigenvalue weighted by Crippen LogP contribution is 2.28. The molecule has 0 fully saturated rings. The van der Waals surface area contributed by atoms with Crippen LogP contribution < -0.4 is 0 Å². The van der Waals surface area contributed by atoms with Crippen molar-refractivity contribution in [3.8, 4) is 11.1 Å². The van der Waals surface area contributed by atoms with Gasteiger partial charge in [0, 0.05) is 0 Å². The predicted molar refractivity (Wildman–Crippen MR) is 96.7 cm³/mol. The van der Waals surface area contributed by atoms with Crippen LogP contribution in [0.3, 0.4) is 0 Å². The highest BCUT2D eigenvalue weighted by Gasteiger charge is 2.08. The van der Waals surface area contributed by atoms with Crippen LogP contribution in [-0.4, -0.2) is 0 Å². The Balaban J connectivity index is 1.83. The van der Waals surface area contributed by atoms with E-state index in [0.717, 1.165) is 0 Å². The molecule has 2 aromatic rings. The van der Waals surface area contributed by atoms with Crippen molar-refractivity contribution >= 4 is 5.57 Å². The van der Waals surface area contributed by atoms with E-state index in [1.165, 1.54) is 47.9 Å². The maximum Gasteiger partial charge on any atom is -0.0184 e. The molecule has 0 aliphatic heterocycles. The molecular formula is C22H24. The van der Waals surface area contributed by atoms with Crippen LogP contribution in [0.5, 0.6) is 0 Å². The summed E-state index contributed by atoms with van der Waals surface area (Å²) in [6, 6.07) is 19.5. The summed E-state index contributed by atoms with van der Waals surface area (Å²) in [7, 11) is 0. The summed E-state index contributed by atoms with van der Waals surface area (Å²) >= 11 is 0. The molecule has 0 unspecified atom stereocenters. The number of hydrogen-bond acceptors (Lipinski definition) is 0. The standard InChI is InChI=1S/C22H24/c1-17-8-6-7-11-22(17)16-18(2)19-12-14-21(15-13-19)20-9-4-3-5-10-20/h3-5,9-10,12-16H,6-8,11H2,1-2H3/b18-16+. The van der Waals surface area contributed by atoms with Gasteiger partial charge < -0.3 is 0 Å². The molecule has 0 saturated carbocycles. The van der Waals surface area contributed by atoms with Crippen LogP contribution in [0.15, 0.2) is 71.8 Å². The lowest BCUT2D eigenvalue weighted by Crippen LogP contribution is -1.95. The maximum atomic E-state index is 2.39. The summed E-state index contributed by atoms with van der Waals surface area (Å²) in [5.74, 6) is 0. The quantitative estimate of drug-likeness (QED) is 0.593. The van der Waals surface area contributed by atoms with E-state index in [4.69, 9.17) is 0 Å². The van der Waals surface area contributed by atoms with Crippen molar-refractivity contribution in [1.29, 1.82) is 0 Å². The van der Waals surface area contributed by atoms with Gasteiger partial charge in [-0.15, -0.1) is 0 Å². The molecule has 1 aliphatic carbocycles. The van der Waals surface area contributed by atoms with Crippen molar-refractivity contribution < 1.29 is 0 Å². The summed E-state index contributed by atoms with van der Waals surface area (Å²) in [6.45, 7) is 4.52. The second-order valence-corrected chi connectivity index (χ2v) is 6.28. The van der Waals surface area contributed by atoms with Crippen LogP contribution in [0.1, 0.15) is 45.1 Å². The molecule has 0 heteroatoms. The second kappa shape index (κ2) is 6.79. The first kappa shape index (κ1) is 14.8. The van der Waals surface area contributed by atoms with Crippen molar-refractivity contribution in [1.82, 2.24) is 0 Å². The van der Waals surface area contributed by atoms with Gasteiger partial charge in [0.2, 0.25) is 0 Å². The summed E-state index contributed by atoms with van der Waals surface area (Å²) in [5.41, 5.74) is 8.38. The van der Waals surface area contributed by atoms with Crippen molar-refractivity contribution in [2.45, 2.75) is 39.5 Å². The zero-order chi connectivity index (χ0) is 15.4.